The van der Waals surface area contributed by atoms with Crippen LogP contribution in [-0.2, 0) is 17.8 Å². The number of ether oxygens (including phenoxy) is 1. The number of amides is 1. The molecule has 0 aliphatic carbocycles. The Kier molecular flexibility index (Phi) is 8.31. The standard InChI is InChI=1S/C28H31Cl2N3O5/c1-19-25(38-28(35)37-19)18-33-24-17-21(9-7-20(24)8-10-26(33)34)36-16-3-2-11-31-12-14-32(15-13-31)23-6-4-5-22(29)27(23)30/h4-7,9,17H,2-3,8,10-16,18H2,1H3. The van der Waals surface area contributed by atoms with Gasteiger partial charge in [0, 0.05) is 38.7 Å². The van der Waals surface area contributed by atoms with Gasteiger partial charge in [0.05, 0.1) is 34.6 Å². The lowest BCUT2D eigenvalue weighted by molar-refractivity contribution is -0.119. The molecule has 5 rings (SSSR count). The second-order valence-electron chi connectivity index (χ2n) is 9.66. The van der Waals surface area contributed by atoms with Crippen LogP contribution in [0.3, 0.4) is 0 Å². The minimum Gasteiger partial charge on any atom is -0.494 e. The van der Waals surface area contributed by atoms with Gasteiger partial charge in [0.1, 0.15) is 11.5 Å². The van der Waals surface area contributed by atoms with Gasteiger partial charge >= 0.3 is 5.82 Å². The van der Waals surface area contributed by atoms with Crippen molar-refractivity contribution < 1.29 is 18.4 Å². The maximum Gasteiger partial charge on any atom is 0.519 e. The van der Waals surface area contributed by atoms with Crippen LogP contribution < -0.4 is 20.4 Å². The zero-order valence-electron chi connectivity index (χ0n) is 21.4. The van der Waals surface area contributed by atoms with Crippen molar-refractivity contribution >= 4 is 40.5 Å². The summed E-state index contributed by atoms with van der Waals surface area (Å²) in [5.41, 5.74) is 2.86. The van der Waals surface area contributed by atoms with Gasteiger partial charge < -0.3 is 23.4 Å². The molecular weight excluding hydrogens is 529 g/mol. The van der Waals surface area contributed by atoms with E-state index >= 15 is 0 Å². The molecule has 2 aromatic carbocycles. The van der Waals surface area contributed by atoms with Gasteiger partial charge in [0.2, 0.25) is 5.91 Å². The second kappa shape index (κ2) is 11.8. The summed E-state index contributed by atoms with van der Waals surface area (Å²) in [4.78, 5) is 30.5. The molecule has 0 saturated carbocycles. The van der Waals surface area contributed by atoms with Crippen LogP contribution in [0.5, 0.6) is 5.75 Å². The third kappa shape index (κ3) is 6.03. The fourth-order valence-corrected chi connectivity index (χ4v) is 5.43. The summed E-state index contributed by atoms with van der Waals surface area (Å²) in [7, 11) is 0. The number of aryl methyl sites for hydroxylation is 2. The second-order valence-corrected chi connectivity index (χ2v) is 10.4. The van der Waals surface area contributed by atoms with Crippen molar-refractivity contribution in [3.05, 3.63) is 74.1 Å². The lowest BCUT2D eigenvalue weighted by Gasteiger charge is -2.36. The van der Waals surface area contributed by atoms with E-state index in [0.717, 1.165) is 68.3 Å². The smallest absolute Gasteiger partial charge is 0.494 e. The number of rotatable bonds is 9. The van der Waals surface area contributed by atoms with E-state index in [1.165, 1.54) is 0 Å². The molecule has 0 bridgehead atoms. The Morgan fingerprint density at radius 1 is 0.947 bits per heavy atom. The number of halogens is 2. The number of hydrogen-bond acceptors (Lipinski definition) is 7. The summed E-state index contributed by atoms with van der Waals surface area (Å²) in [6, 6.07) is 11.6. The molecule has 0 N–H and O–H groups in total. The average molecular weight is 560 g/mol. The molecule has 1 fully saturated rings. The number of nitrogens with zero attached hydrogens (tertiary/aromatic N) is 3. The Hall–Kier alpha value is -2.94. The first-order valence-corrected chi connectivity index (χ1v) is 13.7. The third-order valence-corrected chi connectivity index (χ3v) is 7.98. The van der Waals surface area contributed by atoms with Crippen LogP contribution in [0.1, 0.15) is 36.3 Å². The van der Waals surface area contributed by atoms with Gasteiger partial charge in [-0.15, -0.1) is 0 Å². The maximum atomic E-state index is 12.7. The fourth-order valence-electron chi connectivity index (χ4n) is 5.02. The van der Waals surface area contributed by atoms with E-state index in [-0.39, 0.29) is 12.5 Å². The number of anilines is 2. The summed E-state index contributed by atoms with van der Waals surface area (Å²) < 4.78 is 16.1. The summed E-state index contributed by atoms with van der Waals surface area (Å²) >= 11 is 12.6. The van der Waals surface area contributed by atoms with Crippen LogP contribution >= 0.6 is 23.2 Å². The van der Waals surface area contributed by atoms with Crippen molar-refractivity contribution in [3.8, 4) is 5.75 Å². The van der Waals surface area contributed by atoms with Gasteiger partial charge in [-0.05, 0) is 56.5 Å². The molecule has 10 heteroatoms. The number of fused-ring (bicyclic) bond motifs is 1. The van der Waals surface area contributed by atoms with E-state index in [4.69, 9.17) is 36.8 Å². The molecule has 3 aromatic rings. The Morgan fingerprint density at radius 3 is 2.53 bits per heavy atom. The molecule has 0 spiro atoms. The number of piperazine rings is 1. The number of carbonyl (C=O) groups excluding carboxylic acids is 1. The summed E-state index contributed by atoms with van der Waals surface area (Å²) in [6.07, 6.45) is 3.05. The molecule has 0 radical (unpaired) electrons. The SMILES string of the molecule is Cc1oc(=O)oc1CN1C(=O)CCc2ccc(OCCCCN3CCN(c4cccc(Cl)c4Cl)CC3)cc21. The van der Waals surface area contributed by atoms with E-state index in [0.29, 0.717) is 41.0 Å². The third-order valence-electron chi connectivity index (χ3n) is 7.18. The van der Waals surface area contributed by atoms with Gasteiger partial charge in [0.15, 0.2) is 5.76 Å². The van der Waals surface area contributed by atoms with Gasteiger partial charge in [-0.25, -0.2) is 4.79 Å². The highest BCUT2D eigenvalue weighted by molar-refractivity contribution is 6.43. The predicted molar refractivity (Wildman–Crippen MR) is 148 cm³/mol. The molecule has 1 aromatic heterocycles. The molecule has 0 unspecified atom stereocenters. The Labute approximate surface area is 231 Å². The van der Waals surface area contributed by atoms with Gasteiger partial charge in [-0.2, -0.15) is 0 Å². The Balaban J connectivity index is 1.09. The van der Waals surface area contributed by atoms with Crippen molar-refractivity contribution in [2.75, 3.05) is 49.1 Å². The van der Waals surface area contributed by atoms with Crippen molar-refractivity contribution in [3.63, 3.8) is 0 Å². The van der Waals surface area contributed by atoms with Crippen molar-refractivity contribution in [2.45, 2.75) is 39.2 Å². The fraction of sp³-hybridized carbons (Fsp3) is 0.429. The summed E-state index contributed by atoms with van der Waals surface area (Å²) in [6.45, 7) is 7.23. The summed E-state index contributed by atoms with van der Waals surface area (Å²) in [5, 5.41) is 1.21. The van der Waals surface area contributed by atoms with Crippen LogP contribution in [0.2, 0.25) is 10.0 Å². The van der Waals surface area contributed by atoms with E-state index in [1.54, 1.807) is 11.8 Å². The monoisotopic (exact) mass is 559 g/mol. The van der Waals surface area contributed by atoms with Crippen LogP contribution in [0.15, 0.2) is 50.0 Å². The first kappa shape index (κ1) is 26.7. The average Bonchev–Trinajstić information content (AvgIpc) is 3.23. The van der Waals surface area contributed by atoms with E-state index in [1.807, 2.05) is 36.4 Å². The molecular formula is C28H31Cl2N3O5. The molecule has 3 heterocycles. The van der Waals surface area contributed by atoms with Crippen LogP contribution in [0, 0.1) is 6.92 Å². The molecule has 0 atom stereocenters. The van der Waals surface area contributed by atoms with Gasteiger partial charge in [0.25, 0.3) is 0 Å². The van der Waals surface area contributed by atoms with Crippen LogP contribution in [-0.4, -0.2) is 50.1 Å². The zero-order valence-corrected chi connectivity index (χ0v) is 22.9. The lowest BCUT2D eigenvalue weighted by atomic mass is 10.0. The van der Waals surface area contributed by atoms with Crippen molar-refractivity contribution in [2.24, 2.45) is 0 Å². The van der Waals surface area contributed by atoms with Crippen molar-refractivity contribution in [1.82, 2.24) is 4.90 Å². The molecule has 2 aliphatic rings. The van der Waals surface area contributed by atoms with E-state index in [2.05, 4.69) is 9.80 Å². The number of benzene rings is 2. The van der Waals surface area contributed by atoms with Gasteiger partial charge in [-0.3, -0.25) is 9.69 Å². The minimum atomic E-state index is -0.758. The summed E-state index contributed by atoms with van der Waals surface area (Å²) in [5.74, 6) is 0.694. The van der Waals surface area contributed by atoms with E-state index in [9.17, 15) is 9.59 Å². The van der Waals surface area contributed by atoms with Gasteiger partial charge in [-0.1, -0.05) is 35.3 Å². The first-order chi connectivity index (χ1) is 18.4. The minimum absolute atomic E-state index is 0.0179. The molecule has 2 aliphatic heterocycles. The predicted octanol–water partition coefficient (Wildman–Crippen LogP) is 5.31. The van der Waals surface area contributed by atoms with Crippen molar-refractivity contribution in [1.29, 1.82) is 0 Å². The Morgan fingerprint density at radius 2 is 1.76 bits per heavy atom. The number of hydrogen-bond donors (Lipinski definition) is 0. The molecule has 8 nitrogen and oxygen atoms in total. The molecule has 1 saturated heterocycles. The highest BCUT2D eigenvalue weighted by Gasteiger charge is 2.27. The highest BCUT2D eigenvalue weighted by atomic mass is 35.5. The Bertz CT molecular complexity index is 1350. The number of unbranched alkanes of at least 4 members (excludes halogenated alkanes) is 1. The number of carbonyl (C=O) groups is 1. The topological polar surface area (TPSA) is 79.4 Å². The zero-order chi connectivity index (χ0) is 26.6. The lowest BCUT2D eigenvalue weighted by Crippen LogP contribution is -2.46. The molecule has 202 valence electrons. The van der Waals surface area contributed by atoms with E-state index < -0.39 is 5.82 Å². The quantitative estimate of drug-likeness (QED) is 0.329. The highest BCUT2D eigenvalue weighted by Crippen LogP contribution is 2.34. The van der Waals surface area contributed by atoms with Crippen LogP contribution in [0.4, 0.5) is 11.4 Å². The maximum absolute atomic E-state index is 12.7. The molecule has 1 amide bonds. The first-order valence-electron chi connectivity index (χ1n) is 13.0. The normalized spacial score (nSPS) is 16.1. The molecule has 38 heavy (non-hydrogen) atoms. The largest absolute Gasteiger partial charge is 0.519 e. The van der Waals surface area contributed by atoms with Crippen LogP contribution in [0.25, 0.3) is 0 Å².